The van der Waals surface area contributed by atoms with Crippen LogP contribution in [0, 0.1) is 16.0 Å². The van der Waals surface area contributed by atoms with Gasteiger partial charge >= 0.3 is 0 Å². The summed E-state index contributed by atoms with van der Waals surface area (Å²) in [5, 5.41) is 11.2. The van der Waals surface area contributed by atoms with E-state index in [0.29, 0.717) is 19.6 Å². The molecule has 0 aliphatic heterocycles. The number of sulfonamides is 1. The third-order valence-corrected chi connectivity index (χ3v) is 5.72. The van der Waals surface area contributed by atoms with E-state index in [1.165, 1.54) is 28.6 Å². The van der Waals surface area contributed by atoms with Crippen LogP contribution in [0.5, 0.6) is 0 Å². The van der Waals surface area contributed by atoms with Crippen LogP contribution in [0.4, 0.5) is 5.69 Å². The fourth-order valence-corrected chi connectivity index (χ4v) is 4.23. The first-order valence-electron chi connectivity index (χ1n) is 8.19. The van der Waals surface area contributed by atoms with Gasteiger partial charge in [0.25, 0.3) is 5.69 Å². The summed E-state index contributed by atoms with van der Waals surface area (Å²) >= 11 is 0. The molecule has 7 nitrogen and oxygen atoms in total. The van der Waals surface area contributed by atoms with Crippen molar-refractivity contribution in [2.75, 3.05) is 32.7 Å². The Morgan fingerprint density at radius 1 is 1.12 bits per heavy atom. The van der Waals surface area contributed by atoms with Crippen LogP contribution < -0.4 is 0 Å². The summed E-state index contributed by atoms with van der Waals surface area (Å²) < 4.78 is 27.3. The van der Waals surface area contributed by atoms with Gasteiger partial charge in [-0.1, -0.05) is 39.8 Å². The Balaban J connectivity index is 3.18. The standard InChI is InChI=1S/C16H27N3O4S/c1-5-17(6-2)11-12-18(13-14(3)4)24(22,23)16-10-8-7-9-15(16)19(20)21/h7-10,14H,5-6,11-13H2,1-4H3. The molecule has 0 bridgehead atoms. The molecule has 0 aliphatic carbocycles. The molecule has 0 aliphatic rings. The third-order valence-electron chi connectivity index (χ3n) is 3.81. The van der Waals surface area contributed by atoms with Crippen LogP contribution in [0.3, 0.4) is 0 Å². The highest BCUT2D eigenvalue weighted by molar-refractivity contribution is 7.89. The molecule has 1 aromatic carbocycles. The number of rotatable bonds is 10. The van der Waals surface area contributed by atoms with E-state index in [9.17, 15) is 18.5 Å². The normalized spacial score (nSPS) is 12.3. The molecule has 0 radical (unpaired) electrons. The number of para-hydroxylation sites is 1. The van der Waals surface area contributed by atoms with Crippen molar-refractivity contribution in [1.82, 2.24) is 9.21 Å². The molecular formula is C16H27N3O4S. The number of benzene rings is 1. The molecular weight excluding hydrogens is 330 g/mol. The van der Waals surface area contributed by atoms with Gasteiger partial charge in [0.1, 0.15) is 0 Å². The Morgan fingerprint density at radius 2 is 1.71 bits per heavy atom. The molecule has 0 N–H and O–H groups in total. The number of likely N-dealkylation sites (N-methyl/N-ethyl adjacent to an activating group) is 1. The van der Waals surface area contributed by atoms with E-state index in [4.69, 9.17) is 0 Å². The summed E-state index contributed by atoms with van der Waals surface area (Å²) in [5.41, 5.74) is -0.380. The van der Waals surface area contributed by atoms with Gasteiger partial charge in [-0.05, 0) is 25.1 Å². The van der Waals surface area contributed by atoms with Crippen LogP contribution >= 0.6 is 0 Å². The molecule has 0 atom stereocenters. The molecule has 0 saturated carbocycles. The first kappa shape index (κ1) is 20.5. The van der Waals surface area contributed by atoms with E-state index in [-0.39, 0.29) is 16.5 Å². The van der Waals surface area contributed by atoms with Crippen molar-refractivity contribution >= 4 is 15.7 Å². The maximum Gasteiger partial charge on any atom is 0.289 e. The van der Waals surface area contributed by atoms with Crippen molar-refractivity contribution in [3.63, 3.8) is 0 Å². The summed E-state index contributed by atoms with van der Waals surface area (Å²) in [6.45, 7) is 10.8. The summed E-state index contributed by atoms with van der Waals surface area (Å²) in [7, 11) is -3.92. The third kappa shape index (κ3) is 5.25. The zero-order valence-electron chi connectivity index (χ0n) is 14.8. The molecule has 1 aromatic rings. The molecule has 24 heavy (non-hydrogen) atoms. The van der Waals surface area contributed by atoms with E-state index in [1.807, 2.05) is 27.7 Å². The van der Waals surface area contributed by atoms with E-state index < -0.39 is 14.9 Å². The second-order valence-electron chi connectivity index (χ2n) is 6.01. The zero-order chi connectivity index (χ0) is 18.3. The van der Waals surface area contributed by atoms with Gasteiger partial charge in [-0.25, -0.2) is 8.42 Å². The van der Waals surface area contributed by atoms with Gasteiger partial charge in [0.15, 0.2) is 4.90 Å². The van der Waals surface area contributed by atoms with Crippen LogP contribution in [0.1, 0.15) is 27.7 Å². The zero-order valence-corrected chi connectivity index (χ0v) is 15.6. The molecule has 0 heterocycles. The Bertz CT molecular complexity index is 642. The van der Waals surface area contributed by atoms with Gasteiger partial charge in [0, 0.05) is 25.7 Å². The molecule has 0 saturated heterocycles. The van der Waals surface area contributed by atoms with Gasteiger partial charge in [0.05, 0.1) is 4.92 Å². The fourth-order valence-electron chi connectivity index (χ4n) is 2.47. The van der Waals surface area contributed by atoms with Crippen molar-refractivity contribution in [3.05, 3.63) is 34.4 Å². The first-order chi connectivity index (χ1) is 11.2. The number of nitro benzene ring substituents is 1. The summed E-state index contributed by atoms with van der Waals surface area (Å²) in [5.74, 6) is 0.124. The Kier molecular flexibility index (Phi) is 7.78. The van der Waals surface area contributed by atoms with Gasteiger partial charge in [-0.3, -0.25) is 10.1 Å². The Hall–Kier alpha value is -1.51. The molecule has 0 spiro atoms. The van der Waals surface area contributed by atoms with Gasteiger partial charge in [-0.15, -0.1) is 0 Å². The highest BCUT2D eigenvalue weighted by Crippen LogP contribution is 2.26. The molecule has 1 rings (SSSR count). The fraction of sp³-hybridized carbons (Fsp3) is 0.625. The van der Waals surface area contributed by atoms with Crippen LogP contribution in [-0.4, -0.2) is 55.3 Å². The van der Waals surface area contributed by atoms with Crippen molar-refractivity contribution in [2.24, 2.45) is 5.92 Å². The summed E-state index contributed by atoms with van der Waals surface area (Å²) in [6, 6.07) is 5.51. The van der Waals surface area contributed by atoms with Gasteiger partial charge in [0.2, 0.25) is 10.0 Å². The van der Waals surface area contributed by atoms with Crippen molar-refractivity contribution < 1.29 is 13.3 Å². The summed E-state index contributed by atoms with van der Waals surface area (Å²) in [4.78, 5) is 12.4. The molecule has 0 aromatic heterocycles. The molecule has 0 unspecified atom stereocenters. The van der Waals surface area contributed by atoms with E-state index >= 15 is 0 Å². The van der Waals surface area contributed by atoms with Crippen molar-refractivity contribution in [3.8, 4) is 0 Å². The monoisotopic (exact) mass is 357 g/mol. The van der Waals surface area contributed by atoms with E-state index in [0.717, 1.165) is 13.1 Å². The SMILES string of the molecule is CCN(CC)CCN(CC(C)C)S(=O)(=O)c1ccccc1[N+](=O)[O-]. The van der Waals surface area contributed by atoms with Gasteiger partial charge in [-0.2, -0.15) is 4.31 Å². The number of hydrogen-bond acceptors (Lipinski definition) is 5. The molecule has 8 heteroatoms. The van der Waals surface area contributed by atoms with Crippen molar-refractivity contribution in [2.45, 2.75) is 32.6 Å². The minimum Gasteiger partial charge on any atom is -0.303 e. The maximum atomic E-state index is 13.0. The van der Waals surface area contributed by atoms with E-state index in [2.05, 4.69) is 4.90 Å². The van der Waals surface area contributed by atoms with Crippen LogP contribution in [0.25, 0.3) is 0 Å². The number of nitro groups is 1. The average Bonchev–Trinajstić information content (AvgIpc) is 2.54. The minimum absolute atomic E-state index is 0.124. The lowest BCUT2D eigenvalue weighted by Crippen LogP contribution is -2.40. The highest BCUT2D eigenvalue weighted by atomic mass is 32.2. The predicted molar refractivity (Wildman–Crippen MR) is 94.5 cm³/mol. The predicted octanol–water partition coefficient (Wildman–Crippen LogP) is 2.58. The molecule has 0 amide bonds. The lowest BCUT2D eigenvalue weighted by molar-refractivity contribution is -0.387. The lowest BCUT2D eigenvalue weighted by Gasteiger charge is -2.27. The quantitative estimate of drug-likeness (QED) is 0.475. The Labute approximate surface area is 144 Å². The smallest absolute Gasteiger partial charge is 0.289 e. The van der Waals surface area contributed by atoms with Crippen LogP contribution in [0.2, 0.25) is 0 Å². The van der Waals surface area contributed by atoms with Crippen molar-refractivity contribution in [1.29, 1.82) is 0 Å². The second kappa shape index (κ2) is 9.10. The lowest BCUT2D eigenvalue weighted by atomic mass is 10.2. The highest BCUT2D eigenvalue weighted by Gasteiger charge is 2.31. The van der Waals surface area contributed by atoms with Gasteiger partial charge < -0.3 is 4.90 Å². The largest absolute Gasteiger partial charge is 0.303 e. The second-order valence-corrected chi connectivity index (χ2v) is 7.91. The summed E-state index contributed by atoms with van der Waals surface area (Å²) in [6.07, 6.45) is 0. The van der Waals surface area contributed by atoms with Crippen LogP contribution in [0.15, 0.2) is 29.2 Å². The molecule has 136 valence electrons. The first-order valence-corrected chi connectivity index (χ1v) is 9.63. The molecule has 0 fully saturated rings. The topological polar surface area (TPSA) is 83.8 Å². The van der Waals surface area contributed by atoms with E-state index in [1.54, 1.807) is 0 Å². The van der Waals surface area contributed by atoms with Crippen LogP contribution in [-0.2, 0) is 10.0 Å². The number of hydrogen-bond donors (Lipinski definition) is 0. The number of nitrogens with zero attached hydrogens (tertiary/aromatic N) is 3. The maximum absolute atomic E-state index is 13.0. The average molecular weight is 357 g/mol. The Morgan fingerprint density at radius 3 is 2.21 bits per heavy atom. The minimum atomic E-state index is -3.92.